The highest BCUT2D eigenvalue weighted by Crippen LogP contribution is 2.12. The monoisotopic (exact) mass is 250 g/mol. The van der Waals surface area contributed by atoms with E-state index in [0.29, 0.717) is 6.54 Å². The second kappa shape index (κ2) is 7.84. The van der Waals surface area contributed by atoms with Crippen LogP contribution in [-0.4, -0.2) is 30.2 Å². The molecule has 1 rings (SSSR count). The van der Waals surface area contributed by atoms with Crippen molar-refractivity contribution in [1.29, 1.82) is 0 Å². The van der Waals surface area contributed by atoms with E-state index < -0.39 is 0 Å². The lowest BCUT2D eigenvalue weighted by atomic mass is 10.2. The Morgan fingerprint density at radius 1 is 1.39 bits per heavy atom. The molecule has 0 heterocycles. The van der Waals surface area contributed by atoms with Crippen molar-refractivity contribution in [2.75, 3.05) is 18.4 Å². The molecule has 0 bridgehead atoms. The Bertz CT molecular complexity index is 378. The summed E-state index contributed by atoms with van der Waals surface area (Å²) in [6, 6.07) is 7.70. The minimum absolute atomic E-state index is 0.0404. The Kier molecular flexibility index (Phi) is 6.39. The van der Waals surface area contributed by atoms with Gasteiger partial charge >= 0.3 is 0 Å². The third-order valence-electron chi connectivity index (χ3n) is 2.68. The lowest BCUT2D eigenvalue weighted by Crippen LogP contribution is -2.29. The maximum absolute atomic E-state index is 11.6. The fraction of sp³-hybridized carbons (Fsp3) is 0.500. The highest BCUT2D eigenvalue weighted by Gasteiger charge is 2.03. The van der Waals surface area contributed by atoms with Crippen molar-refractivity contribution >= 4 is 11.6 Å². The summed E-state index contributed by atoms with van der Waals surface area (Å²) < 4.78 is 0. The topological polar surface area (TPSA) is 61.4 Å². The van der Waals surface area contributed by atoms with E-state index in [4.69, 9.17) is 5.11 Å². The van der Waals surface area contributed by atoms with Gasteiger partial charge in [0.05, 0.1) is 12.6 Å². The van der Waals surface area contributed by atoms with Crippen LogP contribution in [0.5, 0.6) is 0 Å². The molecule has 0 fully saturated rings. The van der Waals surface area contributed by atoms with Gasteiger partial charge in [0.15, 0.2) is 0 Å². The number of amides is 1. The molecule has 0 saturated carbocycles. The minimum atomic E-state index is -0.271. The fourth-order valence-electron chi connectivity index (χ4n) is 1.63. The molecule has 0 aromatic heterocycles. The first-order chi connectivity index (χ1) is 8.59. The molecule has 0 radical (unpaired) electrons. The van der Waals surface area contributed by atoms with Crippen molar-refractivity contribution in [2.24, 2.45) is 0 Å². The van der Waals surface area contributed by atoms with Crippen LogP contribution in [0.15, 0.2) is 24.3 Å². The molecule has 1 atom stereocenters. The molecule has 0 spiro atoms. The lowest BCUT2D eigenvalue weighted by Gasteiger charge is -2.09. The van der Waals surface area contributed by atoms with E-state index in [1.165, 1.54) is 0 Å². The summed E-state index contributed by atoms with van der Waals surface area (Å²) in [5.74, 6) is -0.0404. The van der Waals surface area contributed by atoms with E-state index in [2.05, 4.69) is 10.6 Å². The SMILES string of the molecule is Cc1ccccc1NC(=O)CNCCCC(C)O. The van der Waals surface area contributed by atoms with Gasteiger partial charge in [-0.2, -0.15) is 0 Å². The molecule has 100 valence electrons. The molecule has 0 saturated heterocycles. The molecular weight excluding hydrogens is 228 g/mol. The first-order valence-electron chi connectivity index (χ1n) is 6.34. The number of anilines is 1. The van der Waals surface area contributed by atoms with E-state index in [-0.39, 0.29) is 12.0 Å². The third-order valence-corrected chi connectivity index (χ3v) is 2.68. The zero-order valence-electron chi connectivity index (χ0n) is 11.1. The summed E-state index contributed by atoms with van der Waals surface area (Å²) in [5, 5.41) is 15.0. The molecule has 3 N–H and O–H groups in total. The molecule has 4 nitrogen and oxygen atoms in total. The molecule has 1 aromatic carbocycles. The molecule has 1 aromatic rings. The lowest BCUT2D eigenvalue weighted by molar-refractivity contribution is -0.115. The van der Waals surface area contributed by atoms with E-state index in [1.807, 2.05) is 31.2 Å². The van der Waals surface area contributed by atoms with Crippen LogP contribution < -0.4 is 10.6 Å². The molecule has 4 heteroatoms. The molecule has 0 aliphatic heterocycles. The molecular formula is C14H22N2O2. The van der Waals surface area contributed by atoms with E-state index in [9.17, 15) is 4.79 Å². The van der Waals surface area contributed by atoms with Crippen molar-refractivity contribution in [2.45, 2.75) is 32.8 Å². The van der Waals surface area contributed by atoms with Crippen molar-refractivity contribution in [3.05, 3.63) is 29.8 Å². The van der Waals surface area contributed by atoms with Gasteiger partial charge in [0, 0.05) is 5.69 Å². The fourth-order valence-corrected chi connectivity index (χ4v) is 1.63. The summed E-state index contributed by atoms with van der Waals surface area (Å²) in [6.07, 6.45) is 1.36. The Morgan fingerprint density at radius 2 is 2.11 bits per heavy atom. The number of carbonyl (C=O) groups excluding carboxylic acids is 1. The van der Waals surface area contributed by atoms with Crippen LogP contribution in [0.2, 0.25) is 0 Å². The van der Waals surface area contributed by atoms with Crippen molar-refractivity contribution in [3.63, 3.8) is 0 Å². The number of hydrogen-bond donors (Lipinski definition) is 3. The standard InChI is InChI=1S/C14H22N2O2/c1-11-6-3-4-8-13(11)16-14(18)10-15-9-5-7-12(2)17/h3-4,6,8,12,15,17H,5,7,9-10H2,1-2H3,(H,16,18). The molecule has 1 amide bonds. The molecule has 18 heavy (non-hydrogen) atoms. The predicted octanol–water partition coefficient (Wildman–Crippen LogP) is 1.68. The maximum atomic E-state index is 11.6. The largest absolute Gasteiger partial charge is 0.393 e. The number of aliphatic hydroxyl groups is 1. The Hall–Kier alpha value is -1.39. The van der Waals surface area contributed by atoms with Crippen LogP contribution in [0.4, 0.5) is 5.69 Å². The first kappa shape index (κ1) is 14.7. The summed E-state index contributed by atoms with van der Waals surface area (Å²) in [4.78, 5) is 11.6. The van der Waals surface area contributed by atoms with Crippen LogP contribution in [0.25, 0.3) is 0 Å². The van der Waals surface area contributed by atoms with Crippen molar-refractivity contribution < 1.29 is 9.90 Å². The van der Waals surface area contributed by atoms with E-state index in [1.54, 1.807) is 6.92 Å². The number of benzene rings is 1. The highest BCUT2D eigenvalue weighted by molar-refractivity contribution is 5.92. The van der Waals surface area contributed by atoms with Gasteiger partial charge in [-0.1, -0.05) is 18.2 Å². The molecule has 0 aliphatic rings. The quantitative estimate of drug-likeness (QED) is 0.645. The molecule has 0 aliphatic carbocycles. The van der Waals surface area contributed by atoms with Gasteiger partial charge in [-0.25, -0.2) is 0 Å². The van der Waals surface area contributed by atoms with Crippen LogP contribution in [0.3, 0.4) is 0 Å². The minimum Gasteiger partial charge on any atom is -0.393 e. The Morgan fingerprint density at radius 3 is 2.78 bits per heavy atom. The Labute approximate surface area is 108 Å². The van der Waals surface area contributed by atoms with Gasteiger partial charge in [0.25, 0.3) is 0 Å². The number of aryl methyl sites for hydroxylation is 1. The number of rotatable bonds is 7. The maximum Gasteiger partial charge on any atom is 0.238 e. The summed E-state index contributed by atoms with van der Waals surface area (Å²) >= 11 is 0. The second-order valence-corrected chi connectivity index (χ2v) is 4.53. The predicted molar refractivity (Wildman–Crippen MR) is 73.6 cm³/mol. The number of para-hydroxylation sites is 1. The number of nitrogens with one attached hydrogen (secondary N) is 2. The van der Waals surface area contributed by atoms with Crippen LogP contribution in [0, 0.1) is 6.92 Å². The van der Waals surface area contributed by atoms with Crippen molar-refractivity contribution in [1.82, 2.24) is 5.32 Å². The van der Waals surface area contributed by atoms with Gasteiger partial charge in [-0.15, -0.1) is 0 Å². The zero-order chi connectivity index (χ0) is 13.4. The number of hydrogen-bond acceptors (Lipinski definition) is 3. The van der Waals surface area contributed by atoms with Crippen molar-refractivity contribution in [3.8, 4) is 0 Å². The number of carbonyl (C=O) groups is 1. The summed E-state index contributed by atoms with van der Waals surface area (Å²) in [6.45, 7) is 4.77. The summed E-state index contributed by atoms with van der Waals surface area (Å²) in [5.41, 5.74) is 1.91. The van der Waals surface area contributed by atoms with E-state index >= 15 is 0 Å². The normalized spacial score (nSPS) is 12.2. The third kappa shape index (κ3) is 5.80. The zero-order valence-corrected chi connectivity index (χ0v) is 11.1. The highest BCUT2D eigenvalue weighted by atomic mass is 16.3. The average Bonchev–Trinajstić information content (AvgIpc) is 2.31. The van der Waals surface area contributed by atoms with E-state index in [0.717, 1.165) is 30.6 Å². The molecule has 1 unspecified atom stereocenters. The number of aliphatic hydroxyl groups excluding tert-OH is 1. The van der Waals surface area contributed by atoms with Gasteiger partial charge in [0.2, 0.25) is 5.91 Å². The summed E-state index contributed by atoms with van der Waals surface area (Å²) in [7, 11) is 0. The smallest absolute Gasteiger partial charge is 0.238 e. The van der Waals surface area contributed by atoms with Gasteiger partial charge in [0.1, 0.15) is 0 Å². The Balaban J connectivity index is 2.20. The van der Waals surface area contributed by atoms with Gasteiger partial charge in [-0.05, 0) is 44.9 Å². The van der Waals surface area contributed by atoms with Gasteiger partial charge < -0.3 is 15.7 Å². The van der Waals surface area contributed by atoms with Crippen LogP contribution in [0.1, 0.15) is 25.3 Å². The second-order valence-electron chi connectivity index (χ2n) is 4.53. The van der Waals surface area contributed by atoms with Crippen LogP contribution in [-0.2, 0) is 4.79 Å². The average molecular weight is 250 g/mol. The van der Waals surface area contributed by atoms with Crippen LogP contribution >= 0.6 is 0 Å². The van der Waals surface area contributed by atoms with Gasteiger partial charge in [-0.3, -0.25) is 4.79 Å². The first-order valence-corrected chi connectivity index (χ1v) is 6.34.